The van der Waals surface area contributed by atoms with Gasteiger partial charge in [-0.3, -0.25) is 4.79 Å². The highest BCUT2D eigenvalue weighted by Crippen LogP contribution is 2.02. The molecule has 0 saturated carbocycles. The largest absolute Gasteiger partial charge is 0.355 e. The Labute approximate surface area is 99.1 Å². The molecule has 0 aromatic heterocycles. The van der Waals surface area contributed by atoms with Crippen LogP contribution in [0, 0.1) is 5.92 Å². The van der Waals surface area contributed by atoms with E-state index in [1.54, 1.807) is 0 Å². The van der Waals surface area contributed by atoms with Crippen molar-refractivity contribution in [3.05, 3.63) is 0 Å². The van der Waals surface area contributed by atoms with Crippen LogP contribution >= 0.6 is 0 Å². The predicted octanol–water partition coefficient (Wildman–Crippen LogP) is 0.995. The number of rotatable bonds is 9. The van der Waals surface area contributed by atoms with Crippen molar-refractivity contribution in [3.8, 4) is 0 Å². The molecule has 0 bridgehead atoms. The highest BCUT2D eigenvalue weighted by molar-refractivity contribution is 5.81. The van der Waals surface area contributed by atoms with Gasteiger partial charge in [-0.2, -0.15) is 0 Å². The number of hydrogen-bond acceptors (Lipinski definition) is 3. The molecule has 4 heteroatoms. The summed E-state index contributed by atoms with van der Waals surface area (Å²) in [5.41, 5.74) is 11.1. The number of nitrogens with one attached hydrogen (secondary N) is 1. The molecule has 0 aromatic carbocycles. The van der Waals surface area contributed by atoms with Crippen LogP contribution in [-0.2, 0) is 4.79 Å². The van der Waals surface area contributed by atoms with Crippen molar-refractivity contribution < 1.29 is 4.79 Å². The number of nitrogens with two attached hydrogens (primary N) is 2. The second kappa shape index (κ2) is 9.60. The summed E-state index contributed by atoms with van der Waals surface area (Å²) in [4.78, 5) is 11.5. The van der Waals surface area contributed by atoms with Crippen LogP contribution in [0.4, 0.5) is 0 Å². The molecule has 0 fully saturated rings. The second-order valence-electron chi connectivity index (χ2n) is 4.72. The molecule has 0 aromatic rings. The first-order chi connectivity index (χ1) is 7.57. The highest BCUT2D eigenvalue weighted by atomic mass is 16.2. The van der Waals surface area contributed by atoms with Crippen molar-refractivity contribution in [2.75, 3.05) is 13.1 Å². The predicted molar refractivity (Wildman–Crippen MR) is 68.0 cm³/mol. The van der Waals surface area contributed by atoms with Gasteiger partial charge < -0.3 is 16.8 Å². The summed E-state index contributed by atoms with van der Waals surface area (Å²) in [7, 11) is 0. The standard InChI is InChI=1S/C12H27N3O/c1-10(2)6-5-9-15-12(16)11(14)7-3-4-8-13/h10-11H,3-9,13-14H2,1-2H3,(H,15,16)/t11-/m1/s1. The van der Waals surface area contributed by atoms with E-state index in [1.807, 2.05) is 0 Å². The summed E-state index contributed by atoms with van der Waals surface area (Å²) in [5.74, 6) is 0.663. The molecule has 0 heterocycles. The first kappa shape index (κ1) is 15.4. The van der Waals surface area contributed by atoms with E-state index in [0.29, 0.717) is 12.5 Å². The molecule has 0 saturated heterocycles. The number of carbonyl (C=O) groups is 1. The van der Waals surface area contributed by atoms with Crippen molar-refractivity contribution in [3.63, 3.8) is 0 Å². The minimum absolute atomic E-state index is 0.0271. The quantitative estimate of drug-likeness (QED) is 0.516. The van der Waals surface area contributed by atoms with Gasteiger partial charge in [-0.25, -0.2) is 0 Å². The SMILES string of the molecule is CC(C)CCCNC(=O)[C@H](N)CCCCN. The average molecular weight is 229 g/mol. The molecule has 1 amide bonds. The number of unbranched alkanes of at least 4 members (excludes halogenated alkanes) is 1. The lowest BCUT2D eigenvalue weighted by atomic mass is 10.1. The van der Waals surface area contributed by atoms with Crippen molar-refractivity contribution >= 4 is 5.91 Å². The third-order valence-electron chi connectivity index (χ3n) is 2.56. The maximum absolute atomic E-state index is 11.5. The lowest BCUT2D eigenvalue weighted by molar-refractivity contribution is -0.122. The van der Waals surface area contributed by atoms with Crippen LogP contribution in [0.25, 0.3) is 0 Å². The maximum atomic E-state index is 11.5. The van der Waals surface area contributed by atoms with Gasteiger partial charge >= 0.3 is 0 Å². The number of amides is 1. The highest BCUT2D eigenvalue weighted by Gasteiger charge is 2.11. The number of hydrogen-bond donors (Lipinski definition) is 3. The molecule has 0 aliphatic rings. The number of carbonyl (C=O) groups excluding carboxylic acids is 1. The van der Waals surface area contributed by atoms with E-state index in [4.69, 9.17) is 11.5 Å². The third kappa shape index (κ3) is 8.68. The Balaban J connectivity index is 3.47. The zero-order valence-corrected chi connectivity index (χ0v) is 10.7. The molecule has 0 unspecified atom stereocenters. The Kier molecular flexibility index (Phi) is 9.24. The van der Waals surface area contributed by atoms with Gasteiger partial charge in [0.25, 0.3) is 0 Å². The fourth-order valence-electron chi connectivity index (χ4n) is 1.49. The normalized spacial score (nSPS) is 12.8. The summed E-state index contributed by atoms with van der Waals surface area (Å²) in [6.07, 6.45) is 4.76. The van der Waals surface area contributed by atoms with Crippen molar-refractivity contribution in [1.82, 2.24) is 5.32 Å². The first-order valence-electron chi connectivity index (χ1n) is 6.31. The van der Waals surface area contributed by atoms with E-state index in [2.05, 4.69) is 19.2 Å². The van der Waals surface area contributed by atoms with E-state index in [9.17, 15) is 4.79 Å². The molecule has 96 valence electrons. The molecule has 5 N–H and O–H groups in total. The lowest BCUT2D eigenvalue weighted by Gasteiger charge is -2.12. The Morgan fingerprint density at radius 2 is 1.88 bits per heavy atom. The van der Waals surface area contributed by atoms with Crippen LogP contribution in [-0.4, -0.2) is 25.0 Å². The Bertz CT molecular complexity index is 183. The van der Waals surface area contributed by atoms with Crippen LogP contribution in [0.2, 0.25) is 0 Å². The summed E-state index contributed by atoms with van der Waals surface area (Å²) >= 11 is 0. The van der Waals surface area contributed by atoms with Gasteiger partial charge in [0, 0.05) is 6.54 Å². The fraction of sp³-hybridized carbons (Fsp3) is 0.917. The van der Waals surface area contributed by atoms with Gasteiger partial charge in [0.1, 0.15) is 0 Å². The molecule has 0 spiro atoms. The van der Waals surface area contributed by atoms with E-state index < -0.39 is 0 Å². The van der Waals surface area contributed by atoms with Gasteiger partial charge in [0.15, 0.2) is 0 Å². The smallest absolute Gasteiger partial charge is 0.236 e. The van der Waals surface area contributed by atoms with Crippen molar-refractivity contribution in [2.24, 2.45) is 17.4 Å². The lowest BCUT2D eigenvalue weighted by Crippen LogP contribution is -2.41. The molecule has 0 radical (unpaired) electrons. The van der Waals surface area contributed by atoms with Gasteiger partial charge in [-0.05, 0) is 38.1 Å². The summed E-state index contributed by atoms with van der Waals surface area (Å²) in [6, 6.07) is -0.370. The zero-order chi connectivity index (χ0) is 12.4. The molecule has 0 aliphatic heterocycles. The minimum Gasteiger partial charge on any atom is -0.355 e. The van der Waals surface area contributed by atoms with E-state index in [1.165, 1.54) is 0 Å². The van der Waals surface area contributed by atoms with Gasteiger partial charge in [0.05, 0.1) is 6.04 Å². The molecular weight excluding hydrogens is 202 g/mol. The average Bonchev–Trinajstić information content (AvgIpc) is 2.24. The van der Waals surface area contributed by atoms with Gasteiger partial charge in [-0.15, -0.1) is 0 Å². The molecule has 4 nitrogen and oxygen atoms in total. The van der Waals surface area contributed by atoms with E-state index >= 15 is 0 Å². The van der Waals surface area contributed by atoms with Crippen molar-refractivity contribution in [1.29, 1.82) is 0 Å². The molecular formula is C12H27N3O. The van der Waals surface area contributed by atoms with Gasteiger partial charge in [0.2, 0.25) is 5.91 Å². The Morgan fingerprint density at radius 1 is 1.19 bits per heavy atom. The van der Waals surface area contributed by atoms with Crippen molar-refractivity contribution in [2.45, 2.75) is 52.0 Å². The van der Waals surface area contributed by atoms with E-state index in [-0.39, 0.29) is 11.9 Å². The molecule has 0 rings (SSSR count). The first-order valence-corrected chi connectivity index (χ1v) is 6.31. The van der Waals surface area contributed by atoms with Gasteiger partial charge in [-0.1, -0.05) is 20.3 Å². The Hall–Kier alpha value is -0.610. The molecule has 0 aliphatic carbocycles. The van der Waals surface area contributed by atoms with Crippen LogP contribution in [0.3, 0.4) is 0 Å². The van der Waals surface area contributed by atoms with Crippen LogP contribution in [0.5, 0.6) is 0 Å². The van der Waals surface area contributed by atoms with E-state index in [0.717, 1.165) is 38.6 Å². The molecule has 1 atom stereocenters. The summed E-state index contributed by atoms with van der Waals surface area (Å²) < 4.78 is 0. The summed E-state index contributed by atoms with van der Waals surface area (Å²) in [5, 5.41) is 2.87. The monoisotopic (exact) mass is 229 g/mol. The fourth-order valence-corrected chi connectivity index (χ4v) is 1.49. The minimum atomic E-state index is -0.370. The third-order valence-corrected chi connectivity index (χ3v) is 2.56. The topological polar surface area (TPSA) is 81.1 Å². The Morgan fingerprint density at radius 3 is 2.44 bits per heavy atom. The molecule has 16 heavy (non-hydrogen) atoms. The van der Waals surface area contributed by atoms with Crippen LogP contribution < -0.4 is 16.8 Å². The maximum Gasteiger partial charge on any atom is 0.236 e. The van der Waals surface area contributed by atoms with Crippen LogP contribution in [0.1, 0.15) is 46.0 Å². The summed E-state index contributed by atoms with van der Waals surface area (Å²) in [6.45, 7) is 5.77. The second-order valence-corrected chi connectivity index (χ2v) is 4.72. The zero-order valence-electron chi connectivity index (χ0n) is 10.7. The van der Waals surface area contributed by atoms with Crippen LogP contribution in [0.15, 0.2) is 0 Å².